The molecule has 9 nitrogen and oxygen atoms in total. The summed E-state index contributed by atoms with van der Waals surface area (Å²) in [6.07, 6.45) is 4.29. The predicted molar refractivity (Wildman–Crippen MR) is 115 cm³/mol. The number of ether oxygens (including phenoxy) is 2. The van der Waals surface area contributed by atoms with E-state index in [1.165, 1.54) is 12.6 Å². The highest BCUT2D eigenvalue weighted by Crippen LogP contribution is 2.28. The van der Waals surface area contributed by atoms with Crippen molar-refractivity contribution in [2.45, 2.75) is 11.8 Å². The molecule has 0 fully saturated rings. The van der Waals surface area contributed by atoms with Crippen LogP contribution in [-0.2, 0) is 19.3 Å². The number of anilines is 2. The molecule has 31 heavy (non-hydrogen) atoms. The van der Waals surface area contributed by atoms with Gasteiger partial charge in [-0.15, -0.1) is 5.10 Å². The monoisotopic (exact) mass is 437 g/mol. The van der Waals surface area contributed by atoms with Gasteiger partial charge in [-0.25, -0.2) is 13.4 Å². The molecule has 0 saturated carbocycles. The first-order valence-electron chi connectivity index (χ1n) is 9.51. The summed E-state index contributed by atoms with van der Waals surface area (Å²) in [5, 5.41) is 5.32. The van der Waals surface area contributed by atoms with Gasteiger partial charge in [0.25, 0.3) is 5.95 Å². The van der Waals surface area contributed by atoms with Gasteiger partial charge >= 0.3 is 0 Å². The van der Waals surface area contributed by atoms with Crippen molar-refractivity contribution in [2.75, 3.05) is 24.5 Å². The average molecular weight is 437 g/mol. The maximum absolute atomic E-state index is 11.9. The van der Waals surface area contributed by atoms with Crippen molar-refractivity contribution in [2.24, 2.45) is 0 Å². The molecule has 0 spiro atoms. The van der Waals surface area contributed by atoms with E-state index in [0.717, 1.165) is 11.3 Å². The minimum atomic E-state index is -3.33. The van der Waals surface area contributed by atoms with E-state index in [1.807, 2.05) is 36.1 Å². The third kappa shape index (κ3) is 3.66. The molecule has 0 amide bonds. The van der Waals surface area contributed by atoms with Gasteiger partial charge in [0.15, 0.2) is 21.2 Å². The first-order chi connectivity index (χ1) is 14.9. The van der Waals surface area contributed by atoms with Gasteiger partial charge in [-0.05, 0) is 42.8 Å². The SMILES string of the molecule is Cc1cccc(N(CC2=COCO2)c2nc3c4ccc(S(C)(=O)=O)cc4ncn3n2)c1. The standard InChI is InChI=1S/C21H19N5O4S/c1-14-4-3-5-15(8-14)25(10-16-11-29-13-30-16)21-23-20-18-7-6-17(31(2,27)28)9-19(18)22-12-26(20)24-21/h3-9,11-12H,10,13H2,1-2H3. The first-order valence-corrected chi connectivity index (χ1v) is 11.4. The van der Waals surface area contributed by atoms with E-state index in [2.05, 4.69) is 10.1 Å². The molecule has 10 heteroatoms. The van der Waals surface area contributed by atoms with Crippen LogP contribution in [0, 0.1) is 6.92 Å². The van der Waals surface area contributed by atoms with Crippen LogP contribution >= 0.6 is 0 Å². The summed E-state index contributed by atoms with van der Waals surface area (Å²) in [6, 6.07) is 12.8. The second-order valence-electron chi connectivity index (χ2n) is 7.31. The quantitative estimate of drug-likeness (QED) is 0.470. The average Bonchev–Trinajstić information content (AvgIpc) is 3.40. The van der Waals surface area contributed by atoms with Gasteiger partial charge in [-0.3, -0.25) is 0 Å². The lowest BCUT2D eigenvalue weighted by Crippen LogP contribution is -2.21. The van der Waals surface area contributed by atoms with Crippen molar-refractivity contribution in [1.82, 2.24) is 19.6 Å². The molecule has 0 unspecified atom stereocenters. The predicted octanol–water partition coefficient (Wildman–Crippen LogP) is 2.97. The summed E-state index contributed by atoms with van der Waals surface area (Å²) >= 11 is 0. The minimum absolute atomic E-state index is 0.187. The summed E-state index contributed by atoms with van der Waals surface area (Å²) in [5.41, 5.74) is 3.12. The Balaban J connectivity index is 1.64. The van der Waals surface area contributed by atoms with Crippen molar-refractivity contribution in [3.8, 4) is 0 Å². The van der Waals surface area contributed by atoms with Crippen molar-refractivity contribution < 1.29 is 17.9 Å². The molecule has 1 aliphatic heterocycles. The van der Waals surface area contributed by atoms with E-state index in [-0.39, 0.29) is 11.7 Å². The summed E-state index contributed by atoms with van der Waals surface area (Å²) in [6.45, 7) is 2.60. The fourth-order valence-corrected chi connectivity index (χ4v) is 4.07. The second kappa shape index (κ2) is 7.24. The molecule has 4 aromatic rings. The Bertz CT molecular complexity index is 1440. The fraction of sp³-hybridized carbons (Fsp3) is 0.190. The number of aryl methyl sites for hydroxylation is 1. The molecule has 1 aliphatic rings. The summed E-state index contributed by atoms with van der Waals surface area (Å²) in [5.74, 6) is 1.13. The molecular weight excluding hydrogens is 418 g/mol. The number of hydrogen-bond donors (Lipinski definition) is 0. The van der Waals surface area contributed by atoms with Crippen molar-refractivity contribution in [3.63, 3.8) is 0 Å². The van der Waals surface area contributed by atoms with E-state index >= 15 is 0 Å². The second-order valence-corrected chi connectivity index (χ2v) is 9.33. The molecule has 3 heterocycles. The summed E-state index contributed by atoms with van der Waals surface area (Å²) < 4.78 is 36.1. The van der Waals surface area contributed by atoms with Crippen LogP contribution in [0.15, 0.2) is 65.7 Å². The van der Waals surface area contributed by atoms with Crippen LogP contribution in [0.3, 0.4) is 0 Å². The first kappa shape index (κ1) is 19.3. The lowest BCUT2D eigenvalue weighted by atomic mass is 10.2. The molecule has 158 valence electrons. The lowest BCUT2D eigenvalue weighted by Gasteiger charge is -2.21. The number of rotatable bonds is 5. The molecule has 2 aromatic carbocycles. The number of hydrogen-bond acceptors (Lipinski definition) is 8. The van der Waals surface area contributed by atoms with Gasteiger partial charge in [0, 0.05) is 17.3 Å². The van der Waals surface area contributed by atoms with E-state index in [4.69, 9.17) is 14.5 Å². The summed E-state index contributed by atoms with van der Waals surface area (Å²) in [7, 11) is -3.33. The van der Waals surface area contributed by atoms with Crippen LogP contribution in [0.5, 0.6) is 0 Å². The van der Waals surface area contributed by atoms with Crippen LogP contribution in [0.2, 0.25) is 0 Å². The number of benzene rings is 2. The zero-order chi connectivity index (χ0) is 21.6. The summed E-state index contributed by atoms with van der Waals surface area (Å²) in [4.78, 5) is 11.3. The fourth-order valence-electron chi connectivity index (χ4n) is 3.43. The maximum atomic E-state index is 11.9. The topological polar surface area (TPSA) is 98.9 Å². The van der Waals surface area contributed by atoms with Crippen LogP contribution in [0.25, 0.3) is 16.6 Å². The van der Waals surface area contributed by atoms with Crippen molar-refractivity contribution in [3.05, 3.63) is 66.4 Å². The van der Waals surface area contributed by atoms with E-state index in [9.17, 15) is 8.42 Å². The zero-order valence-corrected chi connectivity index (χ0v) is 17.7. The van der Waals surface area contributed by atoms with E-state index in [0.29, 0.717) is 34.8 Å². The van der Waals surface area contributed by atoms with Gasteiger partial charge in [-0.2, -0.15) is 9.50 Å². The Kier molecular flexibility index (Phi) is 4.51. The number of fused-ring (bicyclic) bond motifs is 3. The molecule has 0 bridgehead atoms. The van der Waals surface area contributed by atoms with Crippen LogP contribution in [0.1, 0.15) is 5.56 Å². The highest BCUT2D eigenvalue weighted by atomic mass is 32.2. The molecular formula is C21H19N5O4S. The molecule has 0 saturated heterocycles. The van der Waals surface area contributed by atoms with Gasteiger partial charge < -0.3 is 14.4 Å². The van der Waals surface area contributed by atoms with E-state index < -0.39 is 9.84 Å². The Morgan fingerprint density at radius 2 is 2.06 bits per heavy atom. The minimum Gasteiger partial charge on any atom is -0.462 e. The Hall–Kier alpha value is -3.66. The molecule has 0 N–H and O–H groups in total. The molecule has 2 aromatic heterocycles. The lowest BCUT2D eigenvalue weighted by molar-refractivity contribution is 0.0800. The highest BCUT2D eigenvalue weighted by Gasteiger charge is 2.21. The molecule has 0 radical (unpaired) electrons. The van der Waals surface area contributed by atoms with Crippen LogP contribution < -0.4 is 4.90 Å². The Labute approximate surface area is 178 Å². The third-order valence-electron chi connectivity index (χ3n) is 4.96. The number of sulfone groups is 1. The van der Waals surface area contributed by atoms with Gasteiger partial charge in [0.2, 0.25) is 6.79 Å². The molecule has 0 atom stereocenters. The van der Waals surface area contributed by atoms with E-state index in [1.54, 1.807) is 29.0 Å². The Morgan fingerprint density at radius 1 is 1.19 bits per heavy atom. The molecule has 0 aliphatic carbocycles. The van der Waals surface area contributed by atoms with Crippen molar-refractivity contribution >= 4 is 38.0 Å². The smallest absolute Gasteiger partial charge is 0.250 e. The van der Waals surface area contributed by atoms with Crippen LogP contribution in [0.4, 0.5) is 11.6 Å². The Morgan fingerprint density at radius 3 is 2.81 bits per heavy atom. The molecule has 5 rings (SSSR count). The zero-order valence-electron chi connectivity index (χ0n) is 16.9. The maximum Gasteiger partial charge on any atom is 0.250 e. The number of nitrogens with zero attached hydrogens (tertiary/aromatic N) is 5. The highest BCUT2D eigenvalue weighted by molar-refractivity contribution is 7.90. The normalized spacial score (nSPS) is 13.8. The number of aromatic nitrogens is 4. The van der Waals surface area contributed by atoms with Gasteiger partial charge in [0.1, 0.15) is 12.6 Å². The third-order valence-corrected chi connectivity index (χ3v) is 6.07. The van der Waals surface area contributed by atoms with Gasteiger partial charge in [-0.1, -0.05) is 12.1 Å². The van der Waals surface area contributed by atoms with Gasteiger partial charge in [0.05, 0.1) is 17.0 Å². The van der Waals surface area contributed by atoms with Crippen LogP contribution in [-0.4, -0.2) is 47.6 Å². The van der Waals surface area contributed by atoms with Crippen molar-refractivity contribution in [1.29, 1.82) is 0 Å². The largest absolute Gasteiger partial charge is 0.462 e.